The SMILES string of the molecule is Cc1cc(C)c(C(=O)OCC(=O)NC2CCCC2)c(C)c1. The number of carbonyl (C=O) groups is 2. The molecule has 2 rings (SSSR count). The third-order valence-corrected chi connectivity index (χ3v) is 3.94. The van der Waals surface area contributed by atoms with E-state index in [-0.39, 0.29) is 18.6 Å². The van der Waals surface area contributed by atoms with Crippen molar-refractivity contribution in [3.63, 3.8) is 0 Å². The van der Waals surface area contributed by atoms with Crippen molar-refractivity contribution in [2.24, 2.45) is 0 Å². The molecule has 1 N–H and O–H groups in total. The number of hydrogen-bond acceptors (Lipinski definition) is 3. The second-order valence-electron chi connectivity index (χ2n) is 5.90. The molecule has 114 valence electrons. The van der Waals surface area contributed by atoms with Gasteiger partial charge >= 0.3 is 5.97 Å². The Bertz CT molecular complexity index is 522. The smallest absolute Gasteiger partial charge is 0.339 e. The van der Waals surface area contributed by atoms with E-state index in [0.29, 0.717) is 5.56 Å². The van der Waals surface area contributed by atoms with Gasteiger partial charge in [0.1, 0.15) is 0 Å². The van der Waals surface area contributed by atoms with E-state index in [4.69, 9.17) is 4.74 Å². The normalized spacial score (nSPS) is 15.0. The summed E-state index contributed by atoms with van der Waals surface area (Å²) < 4.78 is 5.15. The van der Waals surface area contributed by atoms with Crippen LogP contribution in [0.15, 0.2) is 12.1 Å². The molecule has 0 saturated heterocycles. The number of nitrogens with one attached hydrogen (secondary N) is 1. The van der Waals surface area contributed by atoms with Crippen LogP contribution in [0.3, 0.4) is 0 Å². The van der Waals surface area contributed by atoms with Crippen LogP contribution in [0.2, 0.25) is 0 Å². The maximum Gasteiger partial charge on any atom is 0.339 e. The number of aryl methyl sites for hydroxylation is 3. The zero-order valence-electron chi connectivity index (χ0n) is 13.0. The first-order valence-corrected chi connectivity index (χ1v) is 7.51. The van der Waals surface area contributed by atoms with E-state index in [2.05, 4.69) is 5.32 Å². The fourth-order valence-corrected chi connectivity index (χ4v) is 3.04. The van der Waals surface area contributed by atoms with Gasteiger partial charge in [-0.25, -0.2) is 4.79 Å². The van der Waals surface area contributed by atoms with E-state index < -0.39 is 5.97 Å². The maximum atomic E-state index is 12.1. The molecule has 1 aromatic carbocycles. The van der Waals surface area contributed by atoms with Crippen molar-refractivity contribution in [3.8, 4) is 0 Å². The molecule has 0 heterocycles. The zero-order valence-corrected chi connectivity index (χ0v) is 13.0. The van der Waals surface area contributed by atoms with E-state index in [1.54, 1.807) is 0 Å². The van der Waals surface area contributed by atoms with Crippen LogP contribution in [0, 0.1) is 20.8 Å². The number of amides is 1. The Morgan fingerprint density at radius 1 is 1.14 bits per heavy atom. The minimum absolute atomic E-state index is 0.206. The molecular formula is C17H23NO3. The number of hydrogen-bond donors (Lipinski definition) is 1. The Labute approximate surface area is 125 Å². The van der Waals surface area contributed by atoms with Gasteiger partial charge in [0.25, 0.3) is 5.91 Å². The average Bonchev–Trinajstić information content (AvgIpc) is 2.88. The summed E-state index contributed by atoms with van der Waals surface area (Å²) in [4.78, 5) is 23.9. The third kappa shape index (κ3) is 4.06. The van der Waals surface area contributed by atoms with Crippen molar-refractivity contribution < 1.29 is 14.3 Å². The molecule has 0 aromatic heterocycles. The lowest BCUT2D eigenvalue weighted by Gasteiger charge is -2.13. The number of ether oxygens (including phenoxy) is 1. The first kappa shape index (κ1) is 15.5. The second kappa shape index (κ2) is 6.74. The largest absolute Gasteiger partial charge is 0.452 e. The van der Waals surface area contributed by atoms with Crippen LogP contribution in [0.25, 0.3) is 0 Å². The highest BCUT2D eigenvalue weighted by Gasteiger charge is 2.19. The predicted octanol–water partition coefficient (Wildman–Crippen LogP) is 2.83. The molecule has 1 amide bonds. The molecule has 0 radical (unpaired) electrons. The Morgan fingerprint density at radius 3 is 2.29 bits per heavy atom. The van der Waals surface area contributed by atoms with Gasteiger partial charge in [0.2, 0.25) is 0 Å². The van der Waals surface area contributed by atoms with Crippen molar-refractivity contribution in [3.05, 3.63) is 34.4 Å². The van der Waals surface area contributed by atoms with Crippen LogP contribution < -0.4 is 5.32 Å². The summed E-state index contributed by atoms with van der Waals surface area (Å²) in [6.45, 7) is 5.55. The minimum Gasteiger partial charge on any atom is -0.452 e. The lowest BCUT2D eigenvalue weighted by molar-refractivity contribution is -0.124. The summed E-state index contributed by atoms with van der Waals surface area (Å²) >= 11 is 0. The molecule has 1 fully saturated rings. The fourth-order valence-electron chi connectivity index (χ4n) is 3.04. The van der Waals surface area contributed by atoms with Gasteiger partial charge in [0.05, 0.1) is 5.56 Å². The lowest BCUT2D eigenvalue weighted by Crippen LogP contribution is -2.36. The first-order chi connectivity index (χ1) is 9.97. The van der Waals surface area contributed by atoms with Crippen molar-refractivity contribution in [1.82, 2.24) is 5.32 Å². The fraction of sp³-hybridized carbons (Fsp3) is 0.529. The van der Waals surface area contributed by atoms with Gasteiger partial charge in [0.15, 0.2) is 6.61 Å². The quantitative estimate of drug-likeness (QED) is 0.867. The van der Waals surface area contributed by atoms with Crippen LogP contribution >= 0.6 is 0 Å². The molecule has 0 bridgehead atoms. The Kier molecular flexibility index (Phi) is 4.99. The third-order valence-electron chi connectivity index (χ3n) is 3.94. The van der Waals surface area contributed by atoms with Crippen LogP contribution in [0.4, 0.5) is 0 Å². The molecule has 0 spiro atoms. The molecule has 0 unspecified atom stereocenters. The summed E-state index contributed by atoms with van der Waals surface area (Å²) in [5.41, 5.74) is 3.44. The standard InChI is InChI=1S/C17H23NO3/c1-11-8-12(2)16(13(3)9-11)17(20)21-10-15(19)18-14-6-4-5-7-14/h8-9,14H,4-7,10H2,1-3H3,(H,18,19). The molecule has 1 saturated carbocycles. The molecule has 21 heavy (non-hydrogen) atoms. The van der Waals surface area contributed by atoms with Crippen molar-refractivity contribution in [2.45, 2.75) is 52.5 Å². The molecule has 1 aromatic rings. The van der Waals surface area contributed by atoms with E-state index >= 15 is 0 Å². The van der Waals surface area contributed by atoms with Gasteiger partial charge in [-0.3, -0.25) is 4.79 Å². The van der Waals surface area contributed by atoms with E-state index in [1.807, 2.05) is 32.9 Å². The second-order valence-corrected chi connectivity index (χ2v) is 5.90. The molecule has 0 atom stereocenters. The number of carbonyl (C=O) groups excluding carboxylic acids is 2. The summed E-state index contributed by atoms with van der Waals surface area (Å²) in [6, 6.07) is 4.14. The van der Waals surface area contributed by atoms with Crippen molar-refractivity contribution in [2.75, 3.05) is 6.61 Å². The van der Waals surface area contributed by atoms with E-state index in [0.717, 1.165) is 42.4 Å². The van der Waals surface area contributed by atoms with Crippen molar-refractivity contribution in [1.29, 1.82) is 0 Å². The van der Waals surface area contributed by atoms with Gasteiger partial charge in [0, 0.05) is 6.04 Å². The number of esters is 1. The van der Waals surface area contributed by atoms with Crippen molar-refractivity contribution >= 4 is 11.9 Å². The summed E-state index contributed by atoms with van der Waals surface area (Å²) in [5.74, 6) is -0.635. The minimum atomic E-state index is -0.424. The Hall–Kier alpha value is -1.84. The monoisotopic (exact) mass is 289 g/mol. The van der Waals surface area contributed by atoms with Gasteiger partial charge in [-0.05, 0) is 44.7 Å². The van der Waals surface area contributed by atoms with E-state index in [9.17, 15) is 9.59 Å². The molecular weight excluding hydrogens is 266 g/mol. The van der Waals surface area contributed by atoms with Crippen LogP contribution in [-0.2, 0) is 9.53 Å². The number of rotatable bonds is 4. The lowest BCUT2D eigenvalue weighted by atomic mass is 10.00. The topological polar surface area (TPSA) is 55.4 Å². The number of benzene rings is 1. The summed E-state index contributed by atoms with van der Waals surface area (Å²) in [6.07, 6.45) is 4.37. The van der Waals surface area contributed by atoms with Gasteiger partial charge in [-0.1, -0.05) is 30.5 Å². The van der Waals surface area contributed by atoms with Gasteiger partial charge in [-0.2, -0.15) is 0 Å². The highest BCUT2D eigenvalue weighted by Crippen LogP contribution is 2.18. The molecule has 4 nitrogen and oxygen atoms in total. The van der Waals surface area contributed by atoms with Gasteiger partial charge < -0.3 is 10.1 Å². The van der Waals surface area contributed by atoms with Crippen LogP contribution in [0.1, 0.15) is 52.7 Å². The Balaban J connectivity index is 1.91. The maximum absolute atomic E-state index is 12.1. The highest BCUT2D eigenvalue weighted by molar-refractivity contribution is 5.94. The Morgan fingerprint density at radius 2 is 1.71 bits per heavy atom. The van der Waals surface area contributed by atoms with Crippen LogP contribution in [-0.4, -0.2) is 24.5 Å². The summed E-state index contributed by atoms with van der Waals surface area (Å²) in [7, 11) is 0. The van der Waals surface area contributed by atoms with Crippen LogP contribution in [0.5, 0.6) is 0 Å². The summed E-state index contributed by atoms with van der Waals surface area (Å²) in [5, 5.41) is 2.91. The predicted molar refractivity (Wildman–Crippen MR) is 81.3 cm³/mol. The molecule has 1 aliphatic carbocycles. The molecule has 0 aliphatic heterocycles. The molecule has 4 heteroatoms. The first-order valence-electron chi connectivity index (χ1n) is 7.51. The van der Waals surface area contributed by atoms with Gasteiger partial charge in [-0.15, -0.1) is 0 Å². The highest BCUT2D eigenvalue weighted by atomic mass is 16.5. The average molecular weight is 289 g/mol. The molecule has 1 aliphatic rings. The van der Waals surface area contributed by atoms with E-state index in [1.165, 1.54) is 0 Å². The zero-order chi connectivity index (χ0) is 15.4.